The van der Waals surface area contributed by atoms with E-state index in [2.05, 4.69) is 15.5 Å². The van der Waals surface area contributed by atoms with Crippen molar-refractivity contribution in [2.45, 2.75) is 24.3 Å². The summed E-state index contributed by atoms with van der Waals surface area (Å²) in [6.45, 7) is 3.68. The van der Waals surface area contributed by atoms with Crippen LogP contribution >= 0.6 is 11.8 Å². The highest BCUT2D eigenvalue weighted by molar-refractivity contribution is 8.00. The molecule has 2 aromatic heterocycles. The number of carbonyl (C=O) groups is 1. The van der Waals surface area contributed by atoms with E-state index < -0.39 is 11.1 Å². The first kappa shape index (κ1) is 21.8. The van der Waals surface area contributed by atoms with E-state index in [1.807, 2.05) is 43.3 Å². The van der Waals surface area contributed by atoms with Gasteiger partial charge in [-0.2, -0.15) is 0 Å². The van der Waals surface area contributed by atoms with Crippen LogP contribution in [0, 0.1) is 12.7 Å². The Morgan fingerprint density at radius 1 is 1.00 bits per heavy atom. The van der Waals surface area contributed by atoms with Crippen LogP contribution in [0.1, 0.15) is 12.5 Å². The maximum Gasteiger partial charge on any atom is 0.267 e. The molecule has 5 aromatic rings. The summed E-state index contributed by atoms with van der Waals surface area (Å²) in [5.41, 5.74) is 2.28. The van der Waals surface area contributed by atoms with Crippen LogP contribution in [0.2, 0.25) is 0 Å². The Bertz CT molecular complexity index is 1590. The van der Waals surface area contributed by atoms with Gasteiger partial charge in [0.15, 0.2) is 5.16 Å². The maximum absolute atomic E-state index is 14.0. The molecule has 0 radical (unpaired) electrons. The first-order valence-electron chi connectivity index (χ1n) is 10.6. The summed E-state index contributed by atoms with van der Waals surface area (Å²) in [4.78, 5) is 26.1. The molecule has 34 heavy (non-hydrogen) atoms. The average molecular weight is 474 g/mol. The van der Waals surface area contributed by atoms with Crippen LogP contribution in [-0.2, 0) is 4.79 Å². The SMILES string of the molecule is Cc1ccc(-n2c(=O)c3ccccc3n3c(SC(C)C(=O)Nc4ccccc4F)nnc23)cc1. The van der Waals surface area contributed by atoms with Crippen molar-refractivity contribution in [2.75, 3.05) is 5.32 Å². The zero-order chi connectivity index (χ0) is 23.8. The third-order valence-electron chi connectivity index (χ3n) is 5.47. The van der Waals surface area contributed by atoms with Crippen molar-refractivity contribution < 1.29 is 9.18 Å². The molecule has 1 amide bonds. The standard InChI is InChI=1S/C25H20FN5O2S/c1-15-11-13-17(14-12-15)30-23(33)18-7-3-6-10-21(18)31-24(30)28-29-25(31)34-16(2)22(32)27-20-9-5-4-8-19(20)26/h3-14,16H,1-2H3,(H,27,32). The Hall–Kier alpha value is -3.98. The lowest BCUT2D eigenvalue weighted by atomic mass is 10.2. The topological polar surface area (TPSA) is 81.3 Å². The Labute approximate surface area is 198 Å². The van der Waals surface area contributed by atoms with E-state index in [-0.39, 0.29) is 17.2 Å². The number of nitrogens with one attached hydrogen (secondary N) is 1. The molecule has 0 spiro atoms. The van der Waals surface area contributed by atoms with Gasteiger partial charge in [-0.15, -0.1) is 10.2 Å². The van der Waals surface area contributed by atoms with Crippen LogP contribution in [0.4, 0.5) is 10.1 Å². The number of para-hydroxylation sites is 2. The molecule has 1 N–H and O–H groups in total. The largest absolute Gasteiger partial charge is 0.323 e. The van der Waals surface area contributed by atoms with Crippen molar-refractivity contribution in [1.82, 2.24) is 19.2 Å². The van der Waals surface area contributed by atoms with Gasteiger partial charge >= 0.3 is 0 Å². The minimum atomic E-state index is -0.606. The normalized spacial score (nSPS) is 12.2. The van der Waals surface area contributed by atoms with Crippen molar-refractivity contribution in [3.05, 3.63) is 94.5 Å². The molecule has 0 fully saturated rings. The number of hydrogen-bond acceptors (Lipinski definition) is 5. The first-order chi connectivity index (χ1) is 16.4. The zero-order valence-electron chi connectivity index (χ0n) is 18.4. The number of fused-ring (bicyclic) bond motifs is 3. The fourth-order valence-corrected chi connectivity index (χ4v) is 4.55. The fourth-order valence-electron chi connectivity index (χ4n) is 3.69. The van der Waals surface area contributed by atoms with Gasteiger partial charge < -0.3 is 5.32 Å². The molecule has 1 unspecified atom stereocenters. The summed E-state index contributed by atoms with van der Waals surface area (Å²) >= 11 is 1.18. The molecule has 0 saturated heterocycles. The molecule has 0 aliphatic rings. The molecule has 1 atom stereocenters. The molecule has 3 aromatic carbocycles. The van der Waals surface area contributed by atoms with Gasteiger partial charge in [-0.1, -0.05) is 53.7 Å². The highest BCUT2D eigenvalue weighted by Gasteiger charge is 2.22. The second-order valence-electron chi connectivity index (χ2n) is 7.84. The van der Waals surface area contributed by atoms with Crippen LogP contribution in [-0.4, -0.2) is 30.3 Å². The molecule has 0 bridgehead atoms. The van der Waals surface area contributed by atoms with E-state index in [9.17, 15) is 14.0 Å². The number of nitrogens with zero attached hydrogens (tertiary/aromatic N) is 4. The van der Waals surface area contributed by atoms with Crippen LogP contribution < -0.4 is 10.9 Å². The minimum Gasteiger partial charge on any atom is -0.323 e. The van der Waals surface area contributed by atoms with Gasteiger partial charge in [0.05, 0.1) is 27.5 Å². The molecule has 170 valence electrons. The van der Waals surface area contributed by atoms with E-state index in [0.29, 0.717) is 27.5 Å². The van der Waals surface area contributed by atoms with Crippen molar-refractivity contribution in [1.29, 1.82) is 0 Å². The molecule has 5 rings (SSSR count). The third-order valence-corrected chi connectivity index (χ3v) is 6.51. The zero-order valence-corrected chi connectivity index (χ0v) is 19.2. The van der Waals surface area contributed by atoms with Crippen LogP contribution in [0.5, 0.6) is 0 Å². The van der Waals surface area contributed by atoms with E-state index in [1.54, 1.807) is 35.6 Å². The van der Waals surface area contributed by atoms with Crippen LogP contribution in [0.3, 0.4) is 0 Å². The number of amides is 1. The number of aryl methyl sites for hydroxylation is 1. The van der Waals surface area contributed by atoms with Gasteiger partial charge in [0.1, 0.15) is 5.82 Å². The van der Waals surface area contributed by atoms with Crippen molar-refractivity contribution in [3.8, 4) is 5.69 Å². The average Bonchev–Trinajstić information content (AvgIpc) is 3.25. The Morgan fingerprint density at radius 3 is 2.47 bits per heavy atom. The van der Waals surface area contributed by atoms with Gasteiger partial charge in [0.25, 0.3) is 5.56 Å². The predicted molar refractivity (Wildman–Crippen MR) is 131 cm³/mol. The molecule has 0 aliphatic heterocycles. The molecule has 2 heterocycles. The minimum absolute atomic E-state index is 0.115. The van der Waals surface area contributed by atoms with Crippen LogP contribution in [0.25, 0.3) is 22.4 Å². The molecular formula is C25H20FN5O2S. The summed E-state index contributed by atoms with van der Waals surface area (Å²) in [5, 5.41) is 11.6. The summed E-state index contributed by atoms with van der Waals surface area (Å²) in [6, 6.07) is 20.8. The van der Waals surface area contributed by atoms with E-state index in [0.717, 1.165) is 5.56 Å². The number of halogens is 1. The quantitative estimate of drug-likeness (QED) is 0.377. The van der Waals surface area contributed by atoms with Crippen molar-refractivity contribution >= 4 is 40.0 Å². The van der Waals surface area contributed by atoms with Gasteiger partial charge in [-0.3, -0.25) is 14.0 Å². The van der Waals surface area contributed by atoms with Gasteiger partial charge in [-0.25, -0.2) is 8.96 Å². The summed E-state index contributed by atoms with van der Waals surface area (Å²) < 4.78 is 17.3. The Kier molecular flexibility index (Phi) is 5.62. The number of rotatable bonds is 5. The van der Waals surface area contributed by atoms with Gasteiger partial charge in [-0.05, 0) is 50.2 Å². The molecule has 7 nitrogen and oxygen atoms in total. The molecule has 0 aliphatic carbocycles. The highest BCUT2D eigenvalue weighted by atomic mass is 32.2. The lowest BCUT2D eigenvalue weighted by molar-refractivity contribution is -0.115. The monoisotopic (exact) mass is 473 g/mol. The predicted octanol–water partition coefficient (Wildman–Crippen LogP) is 4.60. The number of anilines is 1. The summed E-state index contributed by atoms with van der Waals surface area (Å²) in [7, 11) is 0. The van der Waals surface area contributed by atoms with Crippen LogP contribution in [0.15, 0.2) is 82.7 Å². The van der Waals surface area contributed by atoms with Crippen molar-refractivity contribution in [3.63, 3.8) is 0 Å². The highest BCUT2D eigenvalue weighted by Crippen LogP contribution is 2.27. The summed E-state index contributed by atoms with van der Waals surface area (Å²) in [5.74, 6) is -0.533. The second kappa shape index (κ2) is 8.75. The van der Waals surface area contributed by atoms with E-state index in [1.165, 1.54) is 28.5 Å². The molecule has 9 heteroatoms. The lowest BCUT2D eigenvalue weighted by Gasteiger charge is -2.13. The van der Waals surface area contributed by atoms with E-state index >= 15 is 0 Å². The van der Waals surface area contributed by atoms with Crippen molar-refractivity contribution in [2.24, 2.45) is 0 Å². The second-order valence-corrected chi connectivity index (χ2v) is 9.15. The van der Waals surface area contributed by atoms with Gasteiger partial charge in [0, 0.05) is 0 Å². The summed E-state index contributed by atoms with van der Waals surface area (Å²) in [6.07, 6.45) is 0. The third kappa shape index (κ3) is 3.84. The maximum atomic E-state index is 14.0. The lowest BCUT2D eigenvalue weighted by Crippen LogP contribution is -2.24. The van der Waals surface area contributed by atoms with Gasteiger partial charge in [0.2, 0.25) is 11.7 Å². The number of aromatic nitrogens is 4. The number of benzene rings is 3. The number of hydrogen-bond donors (Lipinski definition) is 1. The molecular weight excluding hydrogens is 453 g/mol. The van der Waals surface area contributed by atoms with E-state index in [4.69, 9.17) is 0 Å². The Balaban J connectivity index is 1.59. The number of thioether (sulfide) groups is 1. The smallest absolute Gasteiger partial charge is 0.267 e. The fraction of sp³-hybridized carbons (Fsp3) is 0.120. The molecule has 0 saturated carbocycles. The Morgan fingerprint density at radius 2 is 1.71 bits per heavy atom. The first-order valence-corrected chi connectivity index (χ1v) is 11.5. The number of carbonyl (C=O) groups excluding carboxylic acids is 1.